The fraction of sp³-hybridized carbons (Fsp3) is 0.415. The molecule has 0 spiro atoms. The summed E-state index contributed by atoms with van der Waals surface area (Å²) >= 11 is 0. The summed E-state index contributed by atoms with van der Waals surface area (Å²) in [6, 6.07) is 14.7. The van der Waals surface area contributed by atoms with Gasteiger partial charge in [-0.3, -0.25) is 9.59 Å². The van der Waals surface area contributed by atoms with Crippen LogP contribution in [0.4, 0.5) is 32.0 Å². The molecule has 3 aromatic rings. The van der Waals surface area contributed by atoms with Crippen molar-refractivity contribution in [3.05, 3.63) is 112 Å². The lowest BCUT2D eigenvalue weighted by molar-refractivity contribution is -0.137. The van der Waals surface area contributed by atoms with Gasteiger partial charge in [0.05, 0.1) is 28.3 Å². The van der Waals surface area contributed by atoms with E-state index in [1.54, 1.807) is 4.90 Å². The fourth-order valence-electron chi connectivity index (χ4n) is 7.06. The van der Waals surface area contributed by atoms with Crippen molar-refractivity contribution in [2.24, 2.45) is 11.8 Å². The molecule has 374 valence electrons. The average molecular weight is 1040 g/mol. The topological polar surface area (TPSA) is 229 Å². The predicted octanol–water partition coefficient (Wildman–Crippen LogP) is 3.73. The van der Waals surface area contributed by atoms with Crippen LogP contribution in [0.5, 0.6) is 0 Å². The Hall–Kier alpha value is -4.90. The number of hydrogen-bond acceptors (Lipinski definition) is 11. The molecule has 2 unspecified atom stereocenters. The van der Waals surface area contributed by atoms with Crippen LogP contribution in [0.2, 0.25) is 0 Å². The summed E-state index contributed by atoms with van der Waals surface area (Å²) in [4.78, 5) is 25.7. The number of rotatable bonds is 21. The summed E-state index contributed by atoms with van der Waals surface area (Å²) in [6.07, 6.45) is -7.65. The molecule has 2 atom stereocenters. The number of nitrogens with one attached hydrogen (secondary N) is 4. The zero-order chi connectivity index (χ0) is 50.1. The molecule has 2 aliphatic heterocycles. The number of sulfonamides is 4. The van der Waals surface area contributed by atoms with Crippen molar-refractivity contribution in [2.75, 3.05) is 64.3 Å². The van der Waals surface area contributed by atoms with E-state index in [1.807, 2.05) is 0 Å². The van der Waals surface area contributed by atoms with Crippen molar-refractivity contribution in [3.63, 3.8) is 0 Å². The molecule has 2 aliphatic rings. The predicted molar refractivity (Wildman–Crippen MR) is 238 cm³/mol. The number of anilines is 1. The van der Waals surface area contributed by atoms with E-state index in [1.165, 1.54) is 59.9 Å². The number of benzene rings is 3. The Labute approximate surface area is 390 Å². The number of carbonyl (C=O) groups is 2. The Morgan fingerprint density at radius 3 is 1.60 bits per heavy atom. The van der Waals surface area contributed by atoms with Gasteiger partial charge in [-0.15, -0.1) is 0 Å². The molecule has 0 aliphatic carbocycles. The minimum Gasteiger partial charge on any atom is -0.358 e. The number of carbonyl (C=O) groups excluding carboxylic acids is 2. The molecule has 68 heavy (non-hydrogen) atoms. The minimum atomic E-state index is -4.52. The van der Waals surface area contributed by atoms with E-state index >= 15 is 0 Å². The molecular weight excluding hydrogens is 993 g/mol. The standard InChI is InChI=1S/C41H49F6N7O10S4/c1-48-38(55)29-52(26-30-4-8-34(9-5-30)41(45,46)47)35-10-14-37(15-11-35)68(63,64)54-21-17-32(28-54)25-51-66(59,60)23-3-2-22-65(57,58)50-24-31-16-20-53(27-31)67(61,62)36-12-6-33(7-13-36)39(56)49-19-18-40(42,43)44/h2-15,22-23,31-32,50-51H,16-21,24-29H2,1H3,(H,48,55)(H,49,56)/b22-2+,23-3+. The number of hydrogen-bond donors (Lipinski definition) is 4. The van der Waals surface area contributed by atoms with Crippen LogP contribution in [0, 0.1) is 11.8 Å². The summed E-state index contributed by atoms with van der Waals surface area (Å²) in [7, 11) is -14.9. The molecule has 2 amide bonds. The molecule has 0 radical (unpaired) electrons. The maximum atomic E-state index is 13.5. The van der Waals surface area contributed by atoms with Gasteiger partial charge in [0.1, 0.15) is 0 Å². The van der Waals surface area contributed by atoms with Gasteiger partial charge in [0.15, 0.2) is 0 Å². The highest BCUT2D eigenvalue weighted by Gasteiger charge is 2.35. The van der Waals surface area contributed by atoms with Gasteiger partial charge in [0, 0.05) is 81.5 Å². The van der Waals surface area contributed by atoms with Crippen molar-refractivity contribution < 1.29 is 69.6 Å². The fourth-order valence-corrected chi connectivity index (χ4v) is 11.8. The van der Waals surface area contributed by atoms with Crippen molar-refractivity contribution in [1.82, 2.24) is 28.7 Å². The van der Waals surface area contributed by atoms with Crippen LogP contribution < -0.4 is 25.0 Å². The lowest BCUT2D eigenvalue weighted by Crippen LogP contribution is -2.35. The number of likely N-dealkylation sites (N-methyl/N-ethyl adjacent to an activating group) is 1. The van der Waals surface area contributed by atoms with Crippen LogP contribution in [-0.4, -0.2) is 120 Å². The first kappa shape index (κ1) is 54.0. The van der Waals surface area contributed by atoms with Gasteiger partial charge >= 0.3 is 12.4 Å². The molecule has 17 nitrogen and oxygen atoms in total. The Bertz CT molecular complexity index is 2760. The SMILES string of the molecule is CNC(=O)CN(Cc1ccc(C(F)(F)F)cc1)c1ccc(S(=O)(=O)N2CCC(CNS(=O)(=O)/C=C/C=C/S(=O)(=O)NCC3CCN(S(=O)(=O)c4ccc(C(=O)NCCC(F)(F)F)cc4)C3)C2)cc1. The van der Waals surface area contributed by atoms with Crippen molar-refractivity contribution >= 4 is 57.6 Å². The molecule has 0 bridgehead atoms. The molecule has 0 aromatic heterocycles. The highest BCUT2D eigenvalue weighted by atomic mass is 32.2. The van der Waals surface area contributed by atoms with E-state index in [2.05, 4.69) is 20.1 Å². The minimum absolute atomic E-state index is 0.0198. The van der Waals surface area contributed by atoms with Gasteiger partial charge in [-0.25, -0.2) is 43.1 Å². The zero-order valence-electron chi connectivity index (χ0n) is 36.2. The summed E-state index contributed by atoms with van der Waals surface area (Å²) < 4.78 is 187. The zero-order valence-corrected chi connectivity index (χ0v) is 39.5. The van der Waals surface area contributed by atoms with Gasteiger partial charge in [0.25, 0.3) is 5.91 Å². The van der Waals surface area contributed by atoms with E-state index in [-0.39, 0.29) is 67.7 Å². The third-order valence-electron chi connectivity index (χ3n) is 10.8. The first-order valence-electron chi connectivity index (χ1n) is 20.7. The second kappa shape index (κ2) is 22.2. The van der Waals surface area contributed by atoms with E-state index in [4.69, 9.17) is 0 Å². The average Bonchev–Trinajstić information content (AvgIpc) is 3.98. The van der Waals surface area contributed by atoms with E-state index in [9.17, 15) is 69.6 Å². The Morgan fingerprint density at radius 2 is 1.16 bits per heavy atom. The number of halogens is 6. The molecule has 2 fully saturated rings. The second-order valence-electron chi connectivity index (χ2n) is 15.8. The van der Waals surface area contributed by atoms with Crippen molar-refractivity contribution in [3.8, 4) is 0 Å². The van der Waals surface area contributed by atoms with E-state index in [0.717, 1.165) is 46.1 Å². The van der Waals surface area contributed by atoms with Gasteiger partial charge in [-0.2, -0.15) is 35.0 Å². The van der Waals surface area contributed by atoms with Crippen LogP contribution in [-0.2, 0) is 57.6 Å². The molecule has 2 saturated heterocycles. The van der Waals surface area contributed by atoms with Gasteiger partial charge in [-0.05, 0) is 103 Å². The Morgan fingerprint density at radius 1 is 0.691 bits per heavy atom. The first-order chi connectivity index (χ1) is 31.7. The van der Waals surface area contributed by atoms with Crippen LogP contribution in [0.25, 0.3) is 0 Å². The van der Waals surface area contributed by atoms with Gasteiger partial charge in [-0.1, -0.05) is 12.1 Å². The van der Waals surface area contributed by atoms with E-state index < -0.39 is 94.6 Å². The number of amides is 2. The first-order valence-corrected chi connectivity index (χ1v) is 26.7. The quantitative estimate of drug-likeness (QED) is 0.0888. The molecule has 5 rings (SSSR count). The monoisotopic (exact) mass is 1040 g/mol. The number of alkyl halides is 6. The molecule has 2 heterocycles. The summed E-state index contributed by atoms with van der Waals surface area (Å²) in [5.74, 6) is -2.04. The molecule has 4 N–H and O–H groups in total. The normalized spacial score (nSPS) is 18.1. The number of nitrogens with zero attached hydrogens (tertiary/aromatic N) is 3. The molecule has 0 saturated carbocycles. The Balaban J connectivity index is 1.06. The summed E-state index contributed by atoms with van der Waals surface area (Å²) in [6.45, 7) is -0.983. The van der Waals surface area contributed by atoms with Crippen LogP contribution in [0.1, 0.15) is 40.7 Å². The molecule has 27 heteroatoms. The van der Waals surface area contributed by atoms with Gasteiger partial charge < -0.3 is 15.5 Å². The summed E-state index contributed by atoms with van der Waals surface area (Å²) in [5, 5.41) is 6.03. The smallest absolute Gasteiger partial charge is 0.358 e. The summed E-state index contributed by atoms with van der Waals surface area (Å²) in [5.41, 5.74) is 0.0293. The molecule has 3 aromatic carbocycles. The lowest BCUT2D eigenvalue weighted by Gasteiger charge is -2.25. The maximum Gasteiger partial charge on any atom is 0.416 e. The largest absolute Gasteiger partial charge is 0.416 e. The van der Waals surface area contributed by atoms with Crippen molar-refractivity contribution in [2.45, 2.75) is 48.0 Å². The molecular formula is C41H49F6N7O10S4. The highest BCUT2D eigenvalue weighted by Crippen LogP contribution is 2.31. The third kappa shape index (κ3) is 15.6. The highest BCUT2D eigenvalue weighted by molar-refractivity contribution is 7.92. The van der Waals surface area contributed by atoms with Crippen LogP contribution >= 0.6 is 0 Å². The van der Waals surface area contributed by atoms with Gasteiger partial charge in [0.2, 0.25) is 46.0 Å². The maximum absolute atomic E-state index is 13.5. The van der Waals surface area contributed by atoms with Crippen LogP contribution in [0.15, 0.2) is 106 Å². The third-order valence-corrected chi connectivity index (χ3v) is 16.8. The second-order valence-corrected chi connectivity index (χ2v) is 23.0. The number of allylic oxidation sites excluding steroid dienone is 2. The van der Waals surface area contributed by atoms with E-state index in [0.29, 0.717) is 29.5 Å². The van der Waals surface area contributed by atoms with Crippen molar-refractivity contribution in [1.29, 1.82) is 0 Å². The van der Waals surface area contributed by atoms with Crippen LogP contribution in [0.3, 0.4) is 0 Å². The Kier molecular flexibility index (Phi) is 17.7. The lowest BCUT2D eigenvalue weighted by atomic mass is 10.1.